The first-order valence-electron chi connectivity index (χ1n) is 17.8. The zero-order chi connectivity index (χ0) is 39.1. The van der Waals surface area contributed by atoms with Gasteiger partial charge in [0.2, 0.25) is 5.91 Å². The fourth-order valence-corrected chi connectivity index (χ4v) is 5.62. The third-order valence-corrected chi connectivity index (χ3v) is 8.28. The second kappa shape index (κ2) is 20.6. The van der Waals surface area contributed by atoms with E-state index in [2.05, 4.69) is 10.6 Å². The molecule has 4 rings (SSSR count). The lowest BCUT2D eigenvalue weighted by atomic mass is 9.98. The van der Waals surface area contributed by atoms with Crippen molar-refractivity contribution in [2.75, 3.05) is 6.61 Å². The summed E-state index contributed by atoms with van der Waals surface area (Å²) < 4.78 is 37.5. The molecule has 0 aliphatic carbocycles. The van der Waals surface area contributed by atoms with Crippen LogP contribution in [-0.4, -0.2) is 89.1 Å². The number of rotatable bonds is 19. The number of benzene rings is 3. The molecule has 0 radical (unpaired) electrons. The summed E-state index contributed by atoms with van der Waals surface area (Å²) in [6.07, 6.45) is -5.97. The number of hydrogen-bond acceptors (Lipinski definition) is 10. The van der Waals surface area contributed by atoms with E-state index in [4.69, 9.17) is 33.5 Å². The Hall–Kier alpha value is -4.86. The molecule has 0 spiro atoms. The van der Waals surface area contributed by atoms with E-state index < -0.39 is 85.4 Å². The second-order valence-corrected chi connectivity index (χ2v) is 13.9. The highest BCUT2D eigenvalue weighted by Gasteiger charge is 2.48. The predicted molar refractivity (Wildman–Crippen MR) is 195 cm³/mol. The summed E-state index contributed by atoms with van der Waals surface area (Å²) in [7, 11) is 0. The minimum Gasteiger partial charge on any atom is -0.481 e. The number of carboxylic acids is 2. The Labute approximate surface area is 315 Å². The van der Waals surface area contributed by atoms with Gasteiger partial charge in [-0.1, -0.05) is 91.0 Å². The average molecular weight is 751 g/mol. The first-order valence-corrected chi connectivity index (χ1v) is 17.8. The summed E-state index contributed by atoms with van der Waals surface area (Å²) in [6.45, 7) is 6.83. The van der Waals surface area contributed by atoms with Gasteiger partial charge >= 0.3 is 18.0 Å². The van der Waals surface area contributed by atoms with Gasteiger partial charge in [0, 0.05) is 6.42 Å². The maximum atomic E-state index is 13.5. The van der Waals surface area contributed by atoms with Crippen LogP contribution < -0.4 is 10.6 Å². The first kappa shape index (κ1) is 41.9. The average Bonchev–Trinajstić information content (AvgIpc) is 3.13. The molecule has 1 saturated heterocycles. The van der Waals surface area contributed by atoms with E-state index in [0.717, 1.165) is 16.7 Å². The van der Waals surface area contributed by atoms with Crippen LogP contribution in [0.3, 0.4) is 0 Å². The second-order valence-electron chi connectivity index (χ2n) is 13.9. The molecule has 1 heterocycles. The zero-order valence-corrected chi connectivity index (χ0v) is 30.9. The van der Waals surface area contributed by atoms with Crippen molar-refractivity contribution in [1.82, 2.24) is 10.6 Å². The molecule has 292 valence electrons. The van der Waals surface area contributed by atoms with Gasteiger partial charge in [-0.25, -0.2) is 9.59 Å². The summed E-state index contributed by atoms with van der Waals surface area (Å²) in [5.41, 5.74) is 1.79. The van der Waals surface area contributed by atoms with E-state index in [1.54, 1.807) is 27.7 Å². The standard InChI is InChI=1S/C40H50N2O12/c1-26-33(49-22-27-14-8-5-9-15-27)34(50-23-28-16-10-6-11-17-28)35(51-24-29-18-12-7-13-19-29)38(53-26)52-25-31(42-39(48)54-40(2,3)4)36(45)41-30(37(46)47)20-21-32(43)44/h5-19,26,30-31,33-35,38H,20-25H2,1-4H3,(H,41,45)(H,42,48)(H,43,44)(H,46,47)/t26-,30-,31+,33+,34+,35-,38+/m0/s1. The molecule has 14 nitrogen and oxygen atoms in total. The number of carbonyl (C=O) groups excluding carboxylic acids is 2. The Balaban J connectivity index is 1.62. The number of carboxylic acid groups (broad SMARTS) is 2. The molecule has 0 saturated carbocycles. The van der Waals surface area contributed by atoms with Crippen molar-refractivity contribution in [2.45, 2.75) is 109 Å². The van der Waals surface area contributed by atoms with Gasteiger partial charge in [-0.05, 0) is 50.8 Å². The number of nitrogens with one attached hydrogen (secondary N) is 2. The van der Waals surface area contributed by atoms with Crippen molar-refractivity contribution in [3.05, 3.63) is 108 Å². The molecule has 3 aromatic rings. The normalized spacial score (nSPS) is 21.0. The van der Waals surface area contributed by atoms with Gasteiger partial charge in [0.05, 0.1) is 32.5 Å². The third-order valence-electron chi connectivity index (χ3n) is 8.28. The van der Waals surface area contributed by atoms with Crippen LogP contribution in [0.5, 0.6) is 0 Å². The topological polar surface area (TPSA) is 188 Å². The number of aliphatic carboxylic acids is 2. The quantitative estimate of drug-likeness (QED) is 0.131. The molecule has 1 fully saturated rings. The van der Waals surface area contributed by atoms with Crippen LogP contribution in [0.1, 0.15) is 57.2 Å². The third kappa shape index (κ3) is 13.8. The van der Waals surface area contributed by atoms with E-state index in [0.29, 0.717) is 0 Å². The van der Waals surface area contributed by atoms with Gasteiger partial charge in [0.15, 0.2) is 6.29 Å². The van der Waals surface area contributed by atoms with Gasteiger partial charge in [-0.3, -0.25) is 9.59 Å². The molecular weight excluding hydrogens is 700 g/mol. The SMILES string of the molecule is C[C@@H]1O[C@@H](OC[C@@H](NC(=O)OC(C)(C)C)C(=O)N[C@@H](CCC(=O)O)C(=O)O)[C@@H](OCc2ccccc2)[C@H](OCc2ccccc2)[C@@H]1OCc1ccccc1. The lowest BCUT2D eigenvalue weighted by Crippen LogP contribution is -2.61. The van der Waals surface area contributed by atoms with Crippen molar-refractivity contribution in [3.8, 4) is 0 Å². The summed E-state index contributed by atoms with van der Waals surface area (Å²) in [5, 5.41) is 23.6. The van der Waals surface area contributed by atoms with Crippen molar-refractivity contribution >= 4 is 23.9 Å². The summed E-state index contributed by atoms with van der Waals surface area (Å²) in [6, 6.07) is 25.6. The summed E-state index contributed by atoms with van der Waals surface area (Å²) in [5.74, 6) is -3.62. The highest BCUT2D eigenvalue weighted by molar-refractivity contribution is 5.89. The molecule has 0 bridgehead atoms. The van der Waals surface area contributed by atoms with E-state index in [1.165, 1.54) is 0 Å². The van der Waals surface area contributed by atoms with E-state index >= 15 is 0 Å². The Morgan fingerprint density at radius 1 is 0.685 bits per heavy atom. The van der Waals surface area contributed by atoms with Crippen LogP contribution in [0, 0.1) is 0 Å². The Morgan fingerprint density at radius 2 is 1.17 bits per heavy atom. The van der Waals surface area contributed by atoms with Crippen LogP contribution in [0.25, 0.3) is 0 Å². The summed E-state index contributed by atoms with van der Waals surface area (Å²) in [4.78, 5) is 49.5. The predicted octanol–water partition coefficient (Wildman–Crippen LogP) is 4.83. The smallest absolute Gasteiger partial charge is 0.408 e. The van der Waals surface area contributed by atoms with E-state index in [-0.39, 0.29) is 26.2 Å². The minimum absolute atomic E-state index is 0.143. The van der Waals surface area contributed by atoms with Crippen molar-refractivity contribution in [1.29, 1.82) is 0 Å². The highest BCUT2D eigenvalue weighted by Crippen LogP contribution is 2.31. The van der Waals surface area contributed by atoms with Crippen LogP contribution >= 0.6 is 0 Å². The summed E-state index contributed by atoms with van der Waals surface area (Å²) >= 11 is 0. The van der Waals surface area contributed by atoms with E-state index in [1.807, 2.05) is 91.0 Å². The fourth-order valence-electron chi connectivity index (χ4n) is 5.62. The molecule has 1 aliphatic heterocycles. The largest absolute Gasteiger partial charge is 0.481 e. The van der Waals surface area contributed by atoms with Crippen molar-refractivity contribution in [3.63, 3.8) is 0 Å². The highest BCUT2D eigenvalue weighted by atomic mass is 16.7. The fraction of sp³-hybridized carbons (Fsp3) is 0.450. The van der Waals surface area contributed by atoms with Gasteiger partial charge < -0.3 is 49.3 Å². The molecule has 2 amide bonds. The molecule has 54 heavy (non-hydrogen) atoms. The number of hydrogen-bond donors (Lipinski definition) is 4. The van der Waals surface area contributed by atoms with Crippen molar-refractivity contribution in [2.24, 2.45) is 0 Å². The lowest BCUT2D eigenvalue weighted by molar-refractivity contribution is -0.320. The Morgan fingerprint density at radius 3 is 1.63 bits per heavy atom. The first-order chi connectivity index (χ1) is 25.8. The zero-order valence-electron chi connectivity index (χ0n) is 30.9. The molecule has 7 atom stereocenters. The minimum atomic E-state index is -1.55. The number of amides is 2. The van der Waals surface area contributed by atoms with Crippen molar-refractivity contribution < 1.29 is 57.8 Å². The Bertz CT molecular complexity index is 1620. The number of ether oxygens (including phenoxy) is 6. The van der Waals surface area contributed by atoms with Crippen LogP contribution in [-0.2, 0) is 62.6 Å². The van der Waals surface area contributed by atoms with Gasteiger partial charge in [-0.15, -0.1) is 0 Å². The van der Waals surface area contributed by atoms with Crippen LogP contribution in [0.2, 0.25) is 0 Å². The monoisotopic (exact) mass is 750 g/mol. The molecule has 0 aromatic heterocycles. The van der Waals surface area contributed by atoms with Gasteiger partial charge in [0.25, 0.3) is 0 Å². The van der Waals surface area contributed by atoms with Crippen LogP contribution in [0.15, 0.2) is 91.0 Å². The molecule has 4 N–H and O–H groups in total. The number of alkyl carbamates (subject to hydrolysis) is 1. The lowest BCUT2D eigenvalue weighted by Gasteiger charge is -2.45. The molecule has 1 aliphatic rings. The molecule has 3 aromatic carbocycles. The number of carbonyl (C=O) groups is 4. The molecule has 14 heteroatoms. The van der Waals surface area contributed by atoms with Crippen LogP contribution in [0.4, 0.5) is 4.79 Å². The molecular formula is C40H50N2O12. The maximum absolute atomic E-state index is 13.5. The van der Waals surface area contributed by atoms with Gasteiger partial charge in [-0.2, -0.15) is 0 Å². The molecule has 0 unspecified atom stereocenters. The van der Waals surface area contributed by atoms with Gasteiger partial charge in [0.1, 0.15) is 36.0 Å². The van der Waals surface area contributed by atoms with E-state index in [9.17, 15) is 24.3 Å². The Kier molecular flexibility index (Phi) is 15.9. The maximum Gasteiger partial charge on any atom is 0.408 e.